The Labute approximate surface area is 111 Å². The molecule has 1 aliphatic heterocycles. The zero-order valence-electron chi connectivity index (χ0n) is 10.9. The Kier molecular flexibility index (Phi) is 3.13. The van der Waals surface area contributed by atoms with Crippen molar-refractivity contribution < 1.29 is 9.47 Å². The molecule has 5 heteroatoms. The number of hydrogen-bond donors (Lipinski definition) is 2. The van der Waals surface area contributed by atoms with Gasteiger partial charge in [-0.3, -0.25) is 0 Å². The summed E-state index contributed by atoms with van der Waals surface area (Å²) in [6.07, 6.45) is 0.902. The van der Waals surface area contributed by atoms with Gasteiger partial charge in [0.05, 0.1) is 24.6 Å². The van der Waals surface area contributed by atoms with Gasteiger partial charge in [0.2, 0.25) is 0 Å². The average molecular weight is 259 g/mol. The van der Waals surface area contributed by atoms with Crippen LogP contribution < -0.4 is 15.2 Å². The topological polar surface area (TPSA) is 73.2 Å². The van der Waals surface area contributed by atoms with Crippen LogP contribution in [-0.2, 0) is 6.54 Å². The summed E-state index contributed by atoms with van der Waals surface area (Å²) in [5.74, 6) is 2.43. The van der Waals surface area contributed by atoms with E-state index in [2.05, 4.69) is 9.97 Å². The van der Waals surface area contributed by atoms with E-state index < -0.39 is 0 Å². The number of benzene rings is 1. The lowest BCUT2D eigenvalue weighted by Gasteiger charge is -2.09. The number of imidazole rings is 1. The van der Waals surface area contributed by atoms with Gasteiger partial charge in [-0.2, -0.15) is 0 Å². The molecule has 1 aromatic heterocycles. The van der Waals surface area contributed by atoms with Crippen LogP contribution in [0.2, 0.25) is 0 Å². The molecule has 3 N–H and O–H groups in total. The highest BCUT2D eigenvalue weighted by Gasteiger charge is 2.14. The zero-order valence-corrected chi connectivity index (χ0v) is 10.9. The molecule has 100 valence electrons. The summed E-state index contributed by atoms with van der Waals surface area (Å²) in [4.78, 5) is 7.67. The maximum atomic E-state index is 5.74. The van der Waals surface area contributed by atoms with Gasteiger partial charge >= 0.3 is 0 Å². The Bertz CT molecular complexity index is 592. The maximum absolute atomic E-state index is 5.74. The number of nitrogens with zero attached hydrogens (tertiary/aromatic N) is 1. The van der Waals surface area contributed by atoms with Crippen LogP contribution in [0.15, 0.2) is 18.2 Å². The number of aromatic nitrogens is 2. The van der Waals surface area contributed by atoms with Crippen molar-refractivity contribution >= 4 is 0 Å². The summed E-state index contributed by atoms with van der Waals surface area (Å²) in [6, 6.07) is 5.89. The molecule has 1 aliphatic rings. The molecule has 2 heterocycles. The first kappa shape index (κ1) is 12.0. The van der Waals surface area contributed by atoms with Crippen molar-refractivity contribution in [3.63, 3.8) is 0 Å². The summed E-state index contributed by atoms with van der Waals surface area (Å²) in [6.45, 7) is 3.73. The molecule has 0 radical (unpaired) electrons. The minimum atomic E-state index is 0.435. The number of nitrogens with one attached hydrogen (secondary N) is 1. The minimum Gasteiger partial charge on any atom is -0.490 e. The van der Waals surface area contributed by atoms with Gasteiger partial charge in [0, 0.05) is 18.5 Å². The number of rotatable bonds is 2. The van der Waals surface area contributed by atoms with Gasteiger partial charge in [0.25, 0.3) is 0 Å². The molecule has 5 nitrogen and oxygen atoms in total. The number of H-pyrrole nitrogens is 1. The van der Waals surface area contributed by atoms with Crippen molar-refractivity contribution in [1.82, 2.24) is 9.97 Å². The predicted molar refractivity (Wildman–Crippen MR) is 72.3 cm³/mol. The number of fused-ring (bicyclic) bond motifs is 1. The Balaban J connectivity index is 2.03. The average Bonchev–Trinajstić information content (AvgIpc) is 2.66. The lowest BCUT2D eigenvalue weighted by Crippen LogP contribution is -1.99. The van der Waals surface area contributed by atoms with E-state index in [0.717, 1.165) is 40.7 Å². The normalized spacial score (nSPS) is 14.2. The molecule has 3 rings (SSSR count). The van der Waals surface area contributed by atoms with Gasteiger partial charge in [-0.25, -0.2) is 4.98 Å². The van der Waals surface area contributed by atoms with E-state index in [0.29, 0.717) is 19.8 Å². The number of nitrogens with two attached hydrogens (primary N) is 1. The molecular weight excluding hydrogens is 242 g/mol. The predicted octanol–water partition coefficient (Wildman–Crippen LogP) is 2.01. The van der Waals surface area contributed by atoms with Crippen LogP contribution in [0.5, 0.6) is 11.5 Å². The largest absolute Gasteiger partial charge is 0.490 e. The molecule has 0 saturated heterocycles. The number of aromatic amines is 1. The molecule has 0 aliphatic carbocycles. The zero-order chi connectivity index (χ0) is 13.2. The fraction of sp³-hybridized carbons (Fsp3) is 0.357. The molecule has 0 amide bonds. The highest BCUT2D eigenvalue weighted by molar-refractivity contribution is 5.66. The second-order valence-corrected chi connectivity index (χ2v) is 4.57. The van der Waals surface area contributed by atoms with Crippen LogP contribution in [0.4, 0.5) is 0 Å². The Morgan fingerprint density at radius 3 is 2.84 bits per heavy atom. The summed E-state index contributed by atoms with van der Waals surface area (Å²) in [5.41, 5.74) is 8.55. The van der Waals surface area contributed by atoms with Crippen molar-refractivity contribution in [3.8, 4) is 22.8 Å². The lowest BCUT2D eigenvalue weighted by atomic mass is 10.1. The minimum absolute atomic E-state index is 0.435. The van der Waals surface area contributed by atoms with Crippen molar-refractivity contribution in [2.45, 2.75) is 19.9 Å². The van der Waals surface area contributed by atoms with Gasteiger partial charge in [0.15, 0.2) is 11.5 Å². The van der Waals surface area contributed by atoms with E-state index in [-0.39, 0.29) is 0 Å². The van der Waals surface area contributed by atoms with Crippen molar-refractivity contribution in [2.24, 2.45) is 5.73 Å². The van der Waals surface area contributed by atoms with E-state index in [9.17, 15) is 0 Å². The van der Waals surface area contributed by atoms with E-state index in [1.165, 1.54) is 0 Å². The molecule has 1 aromatic carbocycles. The van der Waals surface area contributed by atoms with E-state index in [1.807, 2.05) is 25.1 Å². The maximum Gasteiger partial charge on any atom is 0.161 e. The Morgan fingerprint density at radius 1 is 1.26 bits per heavy atom. The van der Waals surface area contributed by atoms with Gasteiger partial charge in [-0.05, 0) is 25.1 Å². The fourth-order valence-corrected chi connectivity index (χ4v) is 2.24. The molecule has 0 spiro atoms. The third-order valence-corrected chi connectivity index (χ3v) is 3.12. The molecule has 0 unspecified atom stereocenters. The van der Waals surface area contributed by atoms with E-state index in [1.54, 1.807) is 0 Å². The van der Waals surface area contributed by atoms with Crippen LogP contribution >= 0.6 is 0 Å². The first-order valence-electron chi connectivity index (χ1n) is 6.43. The van der Waals surface area contributed by atoms with Crippen molar-refractivity contribution in [3.05, 3.63) is 29.7 Å². The quantitative estimate of drug-likeness (QED) is 0.865. The number of aryl methyl sites for hydroxylation is 1. The first-order chi connectivity index (χ1) is 9.28. The third-order valence-electron chi connectivity index (χ3n) is 3.12. The van der Waals surface area contributed by atoms with Gasteiger partial charge in [0.1, 0.15) is 5.82 Å². The van der Waals surface area contributed by atoms with Gasteiger partial charge in [-0.15, -0.1) is 0 Å². The van der Waals surface area contributed by atoms with Gasteiger partial charge in [-0.1, -0.05) is 0 Å². The molecule has 0 fully saturated rings. The molecule has 19 heavy (non-hydrogen) atoms. The summed E-state index contributed by atoms with van der Waals surface area (Å²) >= 11 is 0. The first-order valence-corrected chi connectivity index (χ1v) is 6.43. The smallest absolute Gasteiger partial charge is 0.161 e. The summed E-state index contributed by atoms with van der Waals surface area (Å²) in [7, 11) is 0. The second kappa shape index (κ2) is 4.93. The standard InChI is InChI=1S/C14H17N3O2/c1-9-16-11(8-15)14(17-9)10-3-4-12-13(7-10)19-6-2-5-18-12/h3-4,7H,2,5-6,8,15H2,1H3,(H,16,17). The molecule has 0 saturated carbocycles. The van der Waals surface area contributed by atoms with Crippen LogP contribution in [0, 0.1) is 6.92 Å². The fourth-order valence-electron chi connectivity index (χ4n) is 2.24. The molecule has 2 aromatic rings. The number of ether oxygens (including phenoxy) is 2. The summed E-state index contributed by atoms with van der Waals surface area (Å²) in [5, 5.41) is 0. The molecule has 0 atom stereocenters. The Hall–Kier alpha value is -2.01. The Morgan fingerprint density at radius 2 is 2.05 bits per heavy atom. The second-order valence-electron chi connectivity index (χ2n) is 4.57. The molecular formula is C14H17N3O2. The van der Waals surface area contributed by atoms with Crippen LogP contribution in [0.3, 0.4) is 0 Å². The summed E-state index contributed by atoms with van der Waals surface area (Å²) < 4.78 is 11.3. The van der Waals surface area contributed by atoms with Gasteiger partial charge < -0.3 is 20.2 Å². The SMILES string of the molecule is Cc1nc(-c2ccc3c(c2)OCCCO3)c(CN)[nH]1. The highest BCUT2D eigenvalue weighted by Crippen LogP contribution is 2.34. The highest BCUT2D eigenvalue weighted by atomic mass is 16.5. The number of hydrogen-bond acceptors (Lipinski definition) is 4. The third kappa shape index (κ3) is 2.29. The van der Waals surface area contributed by atoms with Crippen LogP contribution in [0.1, 0.15) is 17.9 Å². The van der Waals surface area contributed by atoms with Crippen LogP contribution in [-0.4, -0.2) is 23.2 Å². The monoisotopic (exact) mass is 259 g/mol. The van der Waals surface area contributed by atoms with Crippen molar-refractivity contribution in [2.75, 3.05) is 13.2 Å². The lowest BCUT2D eigenvalue weighted by molar-refractivity contribution is 0.297. The van der Waals surface area contributed by atoms with E-state index in [4.69, 9.17) is 15.2 Å². The molecule has 0 bridgehead atoms. The van der Waals surface area contributed by atoms with Crippen molar-refractivity contribution in [1.29, 1.82) is 0 Å². The van der Waals surface area contributed by atoms with E-state index >= 15 is 0 Å². The van der Waals surface area contributed by atoms with Crippen LogP contribution in [0.25, 0.3) is 11.3 Å².